The number of rotatable bonds is 7. The van der Waals surface area contributed by atoms with Gasteiger partial charge >= 0.3 is 6.09 Å². The molecular formula is C28H29N5O3. The largest absolute Gasteiger partial charge is 0.446 e. The fourth-order valence-electron chi connectivity index (χ4n) is 4.69. The molecule has 3 N–H and O–H groups in total. The van der Waals surface area contributed by atoms with E-state index in [9.17, 15) is 4.79 Å². The van der Waals surface area contributed by atoms with Crippen molar-refractivity contribution in [3.8, 4) is 22.9 Å². The number of nitrogens with zero attached hydrogens (tertiary/aromatic N) is 3. The Morgan fingerprint density at radius 3 is 2.58 bits per heavy atom. The van der Waals surface area contributed by atoms with Crippen molar-refractivity contribution in [1.29, 1.82) is 0 Å². The molecule has 8 nitrogen and oxygen atoms in total. The number of hydrogen-bond donors (Lipinski definition) is 2. The Kier molecular flexibility index (Phi) is 5.51. The number of aryl methyl sites for hydroxylation is 1. The van der Waals surface area contributed by atoms with Gasteiger partial charge in [0.2, 0.25) is 5.88 Å². The van der Waals surface area contributed by atoms with Gasteiger partial charge in [0.15, 0.2) is 0 Å². The summed E-state index contributed by atoms with van der Waals surface area (Å²) in [5, 5.41) is 3.82. The molecule has 6 rings (SSSR count). The monoisotopic (exact) mass is 483 g/mol. The van der Waals surface area contributed by atoms with Gasteiger partial charge in [-0.25, -0.2) is 9.78 Å². The molecular weight excluding hydrogens is 454 g/mol. The van der Waals surface area contributed by atoms with Crippen molar-refractivity contribution < 1.29 is 14.3 Å². The molecule has 2 aliphatic carbocycles. The zero-order valence-corrected chi connectivity index (χ0v) is 20.4. The van der Waals surface area contributed by atoms with E-state index >= 15 is 0 Å². The molecule has 0 spiro atoms. The number of ether oxygens (including phenoxy) is 2. The first kappa shape index (κ1) is 22.4. The van der Waals surface area contributed by atoms with Crippen molar-refractivity contribution >= 4 is 28.4 Å². The molecule has 0 unspecified atom stereocenters. The second-order valence-corrected chi connectivity index (χ2v) is 9.74. The topological polar surface area (TPSA) is 104 Å². The van der Waals surface area contributed by atoms with Gasteiger partial charge in [-0.05, 0) is 69.7 Å². The van der Waals surface area contributed by atoms with Gasteiger partial charge in [-0.1, -0.05) is 12.1 Å². The van der Waals surface area contributed by atoms with Crippen LogP contribution in [0.2, 0.25) is 0 Å². The Hall–Kier alpha value is -4.07. The lowest BCUT2D eigenvalue weighted by molar-refractivity contribution is 0.108. The van der Waals surface area contributed by atoms with Crippen molar-refractivity contribution in [2.45, 2.75) is 51.7 Å². The fourth-order valence-corrected chi connectivity index (χ4v) is 4.69. The molecule has 0 saturated heterocycles. The summed E-state index contributed by atoms with van der Waals surface area (Å²) < 4.78 is 13.8. The van der Waals surface area contributed by atoms with Crippen molar-refractivity contribution in [3.05, 3.63) is 60.6 Å². The number of hydrogen-bond acceptors (Lipinski definition) is 6. The number of benzene rings is 2. The van der Waals surface area contributed by atoms with Crippen molar-refractivity contribution in [3.63, 3.8) is 0 Å². The summed E-state index contributed by atoms with van der Waals surface area (Å²) in [7, 11) is 0. The van der Waals surface area contributed by atoms with Crippen LogP contribution in [0, 0.1) is 12.8 Å². The van der Waals surface area contributed by atoms with E-state index in [1.165, 1.54) is 0 Å². The van der Waals surface area contributed by atoms with Crippen LogP contribution in [0.25, 0.3) is 22.2 Å². The Bertz CT molecular complexity index is 1440. The number of nitrogens with two attached hydrogens (primary N) is 1. The molecule has 0 radical (unpaired) electrons. The third kappa shape index (κ3) is 4.46. The van der Waals surface area contributed by atoms with Gasteiger partial charge in [0.05, 0.1) is 16.9 Å². The van der Waals surface area contributed by atoms with E-state index in [1.54, 1.807) is 12.3 Å². The zero-order chi connectivity index (χ0) is 24.8. The van der Waals surface area contributed by atoms with Crippen LogP contribution in [0.1, 0.15) is 44.5 Å². The van der Waals surface area contributed by atoms with E-state index in [-0.39, 0.29) is 6.10 Å². The molecule has 8 heteroatoms. The lowest BCUT2D eigenvalue weighted by Gasteiger charge is -2.14. The van der Waals surface area contributed by atoms with E-state index in [0.717, 1.165) is 53.5 Å². The fraction of sp³-hybridized carbons (Fsp3) is 0.321. The predicted molar refractivity (Wildman–Crippen MR) is 139 cm³/mol. The average Bonchev–Trinajstić information content (AvgIpc) is 3.77. The van der Waals surface area contributed by atoms with Gasteiger partial charge in [0.1, 0.15) is 17.7 Å². The lowest BCUT2D eigenvalue weighted by atomic mass is 10.1. The molecule has 2 saturated carbocycles. The van der Waals surface area contributed by atoms with Crippen molar-refractivity contribution in [2.24, 2.45) is 5.92 Å². The Labute approximate surface area is 209 Å². The third-order valence-electron chi connectivity index (χ3n) is 6.88. The maximum Gasteiger partial charge on any atom is 0.411 e. The summed E-state index contributed by atoms with van der Waals surface area (Å²) in [6.45, 7) is 3.78. The molecule has 36 heavy (non-hydrogen) atoms. The molecule has 1 atom stereocenters. The number of nitrogens with one attached hydrogen (secondary N) is 1. The molecule has 2 heterocycles. The van der Waals surface area contributed by atoms with Gasteiger partial charge in [-0.15, -0.1) is 0 Å². The van der Waals surface area contributed by atoms with Crippen LogP contribution >= 0.6 is 0 Å². The second-order valence-electron chi connectivity index (χ2n) is 9.74. The minimum atomic E-state index is -0.417. The number of carbonyl (C=O) groups excluding carboxylic acids is 1. The van der Waals surface area contributed by atoms with E-state index < -0.39 is 6.09 Å². The molecule has 0 aliphatic heterocycles. The third-order valence-corrected chi connectivity index (χ3v) is 6.88. The Morgan fingerprint density at radius 2 is 1.89 bits per heavy atom. The minimum Gasteiger partial charge on any atom is -0.446 e. The standard InChI is InChI=1S/C28H29N5O3/c1-16(18-3-4-18)35-28(34)32-20-7-5-19(6-8-20)27-26(29)23-12-11-22(15-24(23)33(27)21-9-10-21)36-25-13-14-30-17(2)31-25/h5-8,11-16,18,21H,3-4,9-10,29H2,1-2H3,(H,32,34)/t16-/m1/s1. The first-order valence-corrected chi connectivity index (χ1v) is 12.5. The van der Waals surface area contributed by atoms with Crippen LogP contribution in [0.4, 0.5) is 16.2 Å². The number of aromatic nitrogens is 3. The van der Waals surface area contributed by atoms with Crippen LogP contribution in [0.15, 0.2) is 54.7 Å². The molecule has 0 bridgehead atoms. The van der Waals surface area contributed by atoms with Crippen LogP contribution < -0.4 is 15.8 Å². The van der Waals surface area contributed by atoms with E-state index in [0.29, 0.717) is 35.1 Å². The van der Waals surface area contributed by atoms with Crippen molar-refractivity contribution in [2.75, 3.05) is 11.1 Å². The van der Waals surface area contributed by atoms with Crippen LogP contribution in [0.5, 0.6) is 11.6 Å². The first-order valence-electron chi connectivity index (χ1n) is 12.5. The number of fused-ring (bicyclic) bond motifs is 1. The summed E-state index contributed by atoms with van der Waals surface area (Å²) in [5.41, 5.74) is 11.1. The first-order chi connectivity index (χ1) is 17.5. The number of anilines is 2. The van der Waals surface area contributed by atoms with Crippen LogP contribution in [-0.2, 0) is 4.74 Å². The molecule has 184 valence electrons. The van der Waals surface area contributed by atoms with E-state index in [1.807, 2.05) is 56.3 Å². The highest BCUT2D eigenvalue weighted by Crippen LogP contribution is 2.47. The number of nitrogen functional groups attached to an aromatic ring is 1. The molecule has 4 aromatic rings. The Balaban J connectivity index is 1.29. The smallest absolute Gasteiger partial charge is 0.411 e. The summed E-state index contributed by atoms with van der Waals surface area (Å²) in [6, 6.07) is 15.8. The highest BCUT2D eigenvalue weighted by molar-refractivity contribution is 6.02. The van der Waals surface area contributed by atoms with Crippen LogP contribution in [-0.4, -0.2) is 26.7 Å². The quantitative estimate of drug-likeness (QED) is 0.312. The zero-order valence-electron chi connectivity index (χ0n) is 20.4. The van der Waals surface area contributed by atoms with Gasteiger partial charge < -0.3 is 19.8 Å². The minimum absolute atomic E-state index is 0.0504. The summed E-state index contributed by atoms with van der Waals surface area (Å²) in [6.07, 6.45) is 5.70. The van der Waals surface area contributed by atoms with Gasteiger partial charge in [0, 0.05) is 41.0 Å². The summed E-state index contributed by atoms with van der Waals surface area (Å²) >= 11 is 0. The van der Waals surface area contributed by atoms with Crippen LogP contribution in [0.3, 0.4) is 0 Å². The van der Waals surface area contributed by atoms with E-state index in [4.69, 9.17) is 15.2 Å². The number of carbonyl (C=O) groups is 1. The van der Waals surface area contributed by atoms with E-state index in [2.05, 4.69) is 19.9 Å². The molecule has 2 aliphatic rings. The summed E-state index contributed by atoms with van der Waals surface area (Å²) in [4.78, 5) is 20.7. The highest BCUT2D eigenvalue weighted by atomic mass is 16.6. The Morgan fingerprint density at radius 1 is 1.11 bits per heavy atom. The maximum absolute atomic E-state index is 12.2. The van der Waals surface area contributed by atoms with Gasteiger partial charge in [-0.3, -0.25) is 5.32 Å². The number of amides is 1. The van der Waals surface area contributed by atoms with Crippen molar-refractivity contribution in [1.82, 2.24) is 14.5 Å². The normalized spacial score (nSPS) is 16.1. The van der Waals surface area contributed by atoms with Gasteiger partial charge in [0.25, 0.3) is 0 Å². The summed E-state index contributed by atoms with van der Waals surface area (Å²) in [5.74, 6) is 2.37. The van der Waals surface area contributed by atoms with Gasteiger partial charge in [-0.2, -0.15) is 4.98 Å². The SMILES string of the molecule is Cc1nccc(Oc2ccc3c(N)c(-c4ccc(NC(=O)O[C@H](C)C5CC5)cc4)n(C4CC4)c3c2)n1. The highest BCUT2D eigenvalue weighted by Gasteiger charge is 2.31. The predicted octanol–water partition coefficient (Wildman–Crippen LogP) is 6.46. The lowest BCUT2D eigenvalue weighted by Crippen LogP contribution is -2.21. The molecule has 2 fully saturated rings. The second kappa shape index (κ2) is 8.86. The molecule has 1 amide bonds. The molecule has 2 aromatic carbocycles. The molecule has 2 aromatic heterocycles. The average molecular weight is 484 g/mol. The maximum atomic E-state index is 12.2.